The Morgan fingerprint density at radius 2 is 2.15 bits per heavy atom. The van der Waals surface area contributed by atoms with Crippen molar-refractivity contribution in [1.82, 2.24) is 15.6 Å². The number of pyridine rings is 1. The number of amides is 2. The van der Waals surface area contributed by atoms with Crippen molar-refractivity contribution in [2.75, 3.05) is 18.9 Å². The molecule has 3 N–H and O–H groups in total. The summed E-state index contributed by atoms with van der Waals surface area (Å²) in [6.45, 7) is 4.52. The normalized spacial score (nSPS) is 11.6. The summed E-state index contributed by atoms with van der Waals surface area (Å²) in [6, 6.07) is 3.62. The topological polar surface area (TPSA) is 83.1 Å². The summed E-state index contributed by atoms with van der Waals surface area (Å²) in [5, 5.41) is 8.52. The van der Waals surface area contributed by atoms with Crippen molar-refractivity contribution in [3.8, 4) is 0 Å². The Labute approximate surface area is 119 Å². The Kier molecular flexibility index (Phi) is 6.49. The third-order valence-corrected chi connectivity index (χ3v) is 2.92. The maximum Gasteiger partial charge on any atom is 0.269 e. The van der Waals surface area contributed by atoms with Gasteiger partial charge in [0.2, 0.25) is 5.91 Å². The summed E-state index contributed by atoms with van der Waals surface area (Å²) in [5.74, 6) is -0.212. The van der Waals surface area contributed by atoms with E-state index in [2.05, 4.69) is 20.9 Å². The number of carbonyl (C=O) groups is 2. The molecule has 0 aliphatic carbocycles. The largest absolute Gasteiger partial charge is 0.384 e. The summed E-state index contributed by atoms with van der Waals surface area (Å²) >= 11 is 0. The number of hydrogen-bond donors (Lipinski definition) is 3. The molecular weight excluding hydrogens is 256 g/mol. The van der Waals surface area contributed by atoms with Crippen LogP contribution in [0.5, 0.6) is 0 Å². The summed E-state index contributed by atoms with van der Waals surface area (Å²) in [5.41, 5.74) is 1.12. The lowest BCUT2D eigenvalue weighted by Gasteiger charge is -2.12. The fourth-order valence-corrected chi connectivity index (χ4v) is 1.56. The van der Waals surface area contributed by atoms with E-state index in [0.29, 0.717) is 18.7 Å². The number of carbonyl (C=O) groups excluding carboxylic acids is 2. The van der Waals surface area contributed by atoms with Crippen LogP contribution in [0.1, 0.15) is 37.2 Å². The highest BCUT2D eigenvalue weighted by Gasteiger charge is 2.07. The Balaban J connectivity index is 2.42. The van der Waals surface area contributed by atoms with Gasteiger partial charge in [0.05, 0.1) is 0 Å². The van der Waals surface area contributed by atoms with E-state index in [-0.39, 0.29) is 17.9 Å². The van der Waals surface area contributed by atoms with Gasteiger partial charge in [-0.2, -0.15) is 0 Å². The van der Waals surface area contributed by atoms with Gasteiger partial charge in [-0.05, 0) is 25.5 Å². The molecule has 0 aliphatic rings. The quantitative estimate of drug-likeness (QED) is 0.699. The SMILES string of the molecule is CCC(C)NC(=O)CCNc1ccnc(C(=O)NC)c1. The predicted molar refractivity (Wildman–Crippen MR) is 78.6 cm³/mol. The maximum atomic E-state index is 11.6. The van der Waals surface area contributed by atoms with E-state index in [0.717, 1.165) is 12.1 Å². The molecular formula is C14H22N4O2. The summed E-state index contributed by atoms with van der Waals surface area (Å²) in [7, 11) is 1.56. The summed E-state index contributed by atoms with van der Waals surface area (Å²) in [6.07, 6.45) is 2.87. The molecule has 0 bridgehead atoms. The van der Waals surface area contributed by atoms with Gasteiger partial charge in [-0.3, -0.25) is 14.6 Å². The molecule has 0 spiro atoms. The van der Waals surface area contributed by atoms with E-state index >= 15 is 0 Å². The molecule has 110 valence electrons. The molecule has 0 radical (unpaired) electrons. The van der Waals surface area contributed by atoms with Gasteiger partial charge in [-0.15, -0.1) is 0 Å². The second-order valence-electron chi connectivity index (χ2n) is 4.56. The number of aromatic nitrogens is 1. The first-order chi connectivity index (χ1) is 9.56. The Morgan fingerprint density at radius 3 is 2.80 bits per heavy atom. The molecule has 1 aromatic heterocycles. The Bertz CT molecular complexity index is 462. The van der Waals surface area contributed by atoms with Crippen LogP contribution in [0.4, 0.5) is 5.69 Å². The van der Waals surface area contributed by atoms with E-state index in [1.807, 2.05) is 13.8 Å². The molecule has 1 rings (SSSR count). The highest BCUT2D eigenvalue weighted by atomic mass is 16.2. The van der Waals surface area contributed by atoms with Gasteiger partial charge in [0.25, 0.3) is 5.91 Å². The fraction of sp³-hybridized carbons (Fsp3) is 0.500. The highest BCUT2D eigenvalue weighted by molar-refractivity contribution is 5.92. The van der Waals surface area contributed by atoms with E-state index in [1.54, 1.807) is 25.4 Å². The lowest BCUT2D eigenvalue weighted by Crippen LogP contribution is -2.32. The van der Waals surface area contributed by atoms with Crippen molar-refractivity contribution < 1.29 is 9.59 Å². The smallest absolute Gasteiger partial charge is 0.269 e. The molecule has 6 nitrogen and oxygen atoms in total. The molecule has 1 aromatic rings. The van der Waals surface area contributed by atoms with Crippen molar-refractivity contribution in [2.24, 2.45) is 0 Å². The predicted octanol–water partition coefficient (Wildman–Crippen LogP) is 1.16. The van der Waals surface area contributed by atoms with Crippen molar-refractivity contribution >= 4 is 17.5 Å². The maximum absolute atomic E-state index is 11.6. The second kappa shape index (κ2) is 8.14. The van der Waals surface area contributed by atoms with Crippen molar-refractivity contribution in [3.63, 3.8) is 0 Å². The van der Waals surface area contributed by atoms with Gasteiger partial charge >= 0.3 is 0 Å². The molecule has 0 fully saturated rings. The average molecular weight is 278 g/mol. The molecule has 0 saturated carbocycles. The highest BCUT2D eigenvalue weighted by Crippen LogP contribution is 2.07. The fourth-order valence-electron chi connectivity index (χ4n) is 1.56. The third kappa shape index (κ3) is 5.26. The molecule has 1 atom stereocenters. The Morgan fingerprint density at radius 1 is 1.40 bits per heavy atom. The van der Waals surface area contributed by atoms with Gasteiger partial charge in [0, 0.05) is 37.9 Å². The van der Waals surface area contributed by atoms with Crippen LogP contribution in [-0.2, 0) is 4.79 Å². The van der Waals surface area contributed by atoms with Gasteiger partial charge in [-0.1, -0.05) is 6.92 Å². The zero-order valence-corrected chi connectivity index (χ0v) is 12.2. The molecule has 0 saturated heterocycles. The Hall–Kier alpha value is -2.11. The zero-order valence-electron chi connectivity index (χ0n) is 12.2. The van der Waals surface area contributed by atoms with Crippen LogP contribution < -0.4 is 16.0 Å². The van der Waals surface area contributed by atoms with Gasteiger partial charge in [-0.25, -0.2) is 0 Å². The number of nitrogens with zero attached hydrogens (tertiary/aromatic N) is 1. The second-order valence-corrected chi connectivity index (χ2v) is 4.56. The minimum atomic E-state index is -0.233. The van der Waals surface area contributed by atoms with Crippen molar-refractivity contribution in [3.05, 3.63) is 24.0 Å². The minimum absolute atomic E-state index is 0.0208. The molecule has 1 unspecified atom stereocenters. The standard InChI is InChI=1S/C14H22N4O2/c1-4-10(2)18-13(19)6-8-16-11-5-7-17-12(9-11)14(20)15-3/h5,7,9-10H,4,6,8H2,1-3H3,(H,15,20)(H,16,17)(H,18,19). The summed E-state index contributed by atoms with van der Waals surface area (Å²) in [4.78, 5) is 27.0. The van der Waals surface area contributed by atoms with Crippen LogP contribution in [0.2, 0.25) is 0 Å². The van der Waals surface area contributed by atoms with E-state index in [9.17, 15) is 9.59 Å². The van der Waals surface area contributed by atoms with Gasteiger partial charge in [0.15, 0.2) is 0 Å². The first-order valence-electron chi connectivity index (χ1n) is 6.78. The first-order valence-corrected chi connectivity index (χ1v) is 6.78. The van der Waals surface area contributed by atoms with E-state index in [1.165, 1.54) is 0 Å². The van der Waals surface area contributed by atoms with Crippen LogP contribution in [0.3, 0.4) is 0 Å². The van der Waals surface area contributed by atoms with Crippen LogP contribution in [0.25, 0.3) is 0 Å². The molecule has 6 heteroatoms. The summed E-state index contributed by atoms with van der Waals surface area (Å²) < 4.78 is 0. The van der Waals surface area contributed by atoms with E-state index < -0.39 is 0 Å². The zero-order chi connectivity index (χ0) is 15.0. The van der Waals surface area contributed by atoms with Crippen molar-refractivity contribution in [2.45, 2.75) is 32.7 Å². The van der Waals surface area contributed by atoms with Crippen molar-refractivity contribution in [1.29, 1.82) is 0 Å². The molecule has 1 heterocycles. The lowest BCUT2D eigenvalue weighted by molar-refractivity contribution is -0.121. The molecule has 20 heavy (non-hydrogen) atoms. The monoisotopic (exact) mass is 278 g/mol. The third-order valence-electron chi connectivity index (χ3n) is 2.92. The lowest BCUT2D eigenvalue weighted by atomic mass is 10.2. The molecule has 0 aromatic carbocycles. The van der Waals surface area contributed by atoms with Gasteiger partial charge in [0.1, 0.15) is 5.69 Å². The molecule has 0 aliphatic heterocycles. The van der Waals surface area contributed by atoms with Crippen LogP contribution in [0, 0.1) is 0 Å². The molecule has 2 amide bonds. The van der Waals surface area contributed by atoms with Crippen LogP contribution in [0.15, 0.2) is 18.3 Å². The first kappa shape index (κ1) is 15.9. The minimum Gasteiger partial charge on any atom is -0.384 e. The average Bonchev–Trinajstić information content (AvgIpc) is 2.46. The van der Waals surface area contributed by atoms with Crippen LogP contribution in [-0.4, -0.2) is 36.4 Å². The van der Waals surface area contributed by atoms with Crippen LogP contribution >= 0.6 is 0 Å². The number of nitrogens with one attached hydrogen (secondary N) is 3. The van der Waals surface area contributed by atoms with Gasteiger partial charge < -0.3 is 16.0 Å². The number of anilines is 1. The number of rotatable bonds is 7. The number of hydrogen-bond acceptors (Lipinski definition) is 4. The van der Waals surface area contributed by atoms with E-state index in [4.69, 9.17) is 0 Å².